The number of benzene rings is 1. The average Bonchev–Trinajstić information content (AvgIpc) is 2.49. The predicted octanol–water partition coefficient (Wildman–Crippen LogP) is -0.507. The summed E-state index contributed by atoms with van der Waals surface area (Å²) < 4.78 is 5.18. The largest absolute Gasteiger partial charge is 0.508 e. The Morgan fingerprint density at radius 3 is 2.67 bits per heavy atom. The zero-order chi connectivity index (χ0) is 15.2. The molecule has 0 radical (unpaired) electrons. The minimum absolute atomic E-state index is 0.109. The Labute approximate surface area is 121 Å². The molecule has 1 aromatic rings. The van der Waals surface area contributed by atoms with Gasteiger partial charge in [-0.1, -0.05) is 12.1 Å². The molecule has 7 heteroatoms. The highest BCUT2D eigenvalue weighted by Crippen LogP contribution is 2.11. The molecule has 1 heterocycles. The van der Waals surface area contributed by atoms with Crippen LogP contribution in [-0.4, -0.2) is 53.9 Å². The number of amides is 1. The van der Waals surface area contributed by atoms with E-state index < -0.39 is 18.1 Å². The summed E-state index contributed by atoms with van der Waals surface area (Å²) in [5, 5.41) is 23.9. The lowest BCUT2D eigenvalue weighted by atomic mass is 10.1. The van der Waals surface area contributed by atoms with Crippen LogP contribution in [0.4, 0.5) is 0 Å². The summed E-state index contributed by atoms with van der Waals surface area (Å²) in [5.74, 6) is -1.38. The van der Waals surface area contributed by atoms with Gasteiger partial charge in [-0.2, -0.15) is 0 Å². The lowest BCUT2D eigenvalue weighted by Crippen LogP contribution is -2.55. The van der Waals surface area contributed by atoms with Crippen LogP contribution in [0.2, 0.25) is 0 Å². The number of hydrogen-bond acceptors (Lipinski definition) is 5. The number of hydrogen-bond donors (Lipinski definition) is 4. The van der Waals surface area contributed by atoms with Crippen molar-refractivity contribution in [3.05, 3.63) is 29.8 Å². The topological polar surface area (TPSA) is 108 Å². The molecule has 21 heavy (non-hydrogen) atoms. The zero-order valence-electron chi connectivity index (χ0n) is 11.4. The summed E-state index contributed by atoms with van der Waals surface area (Å²) in [6, 6.07) is 4.66. The third-order valence-corrected chi connectivity index (χ3v) is 3.23. The first-order chi connectivity index (χ1) is 10.1. The number of morpholine rings is 1. The molecule has 0 bridgehead atoms. The van der Waals surface area contributed by atoms with Gasteiger partial charge in [-0.25, -0.2) is 4.79 Å². The Hall–Kier alpha value is -2.12. The van der Waals surface area contributed by atoms with E-state index in [-0.39, 0.29) is 24.7 Å². The molecular weight excluding hydrogens is 276 g/mol. The first kappa shape index (κ1) is 15.3. The van der Waals surface area contributed by atoms with E-state index in [1.54, 1.807) is 12.1 Å². The van der Waals surface area contributed by atoms with E-state index in [1.807, 2.05) is 0 Å². The van der Waals surface area contributed by atoms with Crippen LogP contribution in [0.15, 0.2) is 24.3 Å². The van der Waals surface area contributed by atoms with Crippen molar-refractivity contribution in [3.63, 3.8) is 0 Å². The minimum atomic E-state index is -1.10. The van der Waals surface area contributed by atoms with Crippen LogP contribution < -0.4 is 10.6 Å². The first-order valence-electron chi connectivity index (χ1n) is 6.68. The van der Waals surface area contributed by atoms with Crippen LogP contribution in [0, 0.1) is 0 Å². The number of rotatable bonds is 5. The van der Waals surface area contributed by atoms with Gasteiger partial charge in [-0.3, -0.25) is 4.79 Å². The van der Waals surface area contributed by atoms with Crippen LogP contribution in [0.1, 0.15) is 5.56 Å². The van der Waals surface area contributed by atoms with E-state index in [4.69, 9.17) is 4.74 Å². The maximum Gasteiger partial charge on any atom is 0.326 e. The fourth-order valence-corrected chi connectivity index (χ4v) is 2.07. The third kappa shape index (κ3) is 4.44. The van der Waals surface area contributed by atoms with Crippen molar-refractivity contribution in [1.29, 1.82) is 0 Å². The molecule has 2 atom stereocenters. The van der Waals surface area contributed by atoms with Gasteiger partial charge in [0, 0.05) is 13.0 Å². The van der Waals surface area contributed by atoms with Gasteiger partial charge in [0.15, 0.2) is 0 Å². The van der Waals surface area contributed by atoms with Crippen molar-refractivity contribution in [1.82, 2.24) is 10.6 Å². The quantitative estimate of drug-likeness (QED) is 0.583. The molecule has 7 nitrogen and oxygen atoms in total. The summed E-state index contributed by atoms with van der Waals surface area (Å²) in [6.45, 7) is 1.34. The molecule has 0 saturated carbocycles. The molecule has 4 N–H and O–H groups in total. The molecule has 1 aliphatic heterocycles. The van der Waals surface area contributed by atoms with E-state index in [0.29, 0.717) is 18.7 Å². The van der Waals surface area contributed by atoms with Crippen LogP contribution in [0.5, 0.6) is 5.75 Å². The summed E-state index contributed by atoms with van der Waals surface area (Å²) in [5.41, 5.74) is 0.716. The number of aliphatic carboxylic acids is 1. The van der Waals surface area contributed by atoms with Gasteiger partial charge in [0.05, 0.1) is 13.2 Å². The van der Waals surface area contributed by atoms with Crippen LogP contribution >= 0.6 is 0 Å². The Kier molecular flexibility index (Phi) is 5.13. The Morgan fingerprint density at radius 1 is 1.38 bits per heavy atom. The smallest absolute Gasteiger partial charge is 0.326 e. The number of nitrogens with one attached hydrogen (secondary N) is 2. The molecule has 2 unspecified atom stereocenters. The van der Waals surface area contributed by atoms with Gasteiger partial charge >= 0.3 is 5.97 Å². The highest BCUT2D eigenvalue weighted by atomic mass is 16.5. The predicted molar refractivity (Wildman–Crippen MR) is 74.0 cm³/mol. The zero-order valence-corrected chi connectivity index (χ0v) is 11.4. The summed E-state index contributed by atoms with van der Waals surface area (Å²) in [7, 11) is 0. The molecule has 0 spiro atoms. The lowest BCUT2D eigenvalue weighted by molar-refractivity contribution is -0.142. The second-order valence-corrected chi connectivity index (χ2v) is 4.85. The number of carboxylic acid groups (broad SMARTS) is 1. The van der Waals surface area contributed by atoms with Crippen LogP contribution in [-0.2, 0) is 20.7 Å². The lowest BCUT2D eigenvalue weighted by Gasteiger charge is -2.24. The molecule has 2 rings (SSSR count). The standard InChI is InChI=1S/C14H18N2O5/c17-10-3-1-9(2-4-10)7-11(14(19)20)16-13(18)12-8-21-6-5-15-12/h1-4,11-12,15,17H,5-8H2,(H,16,18)(H,19,20). The van der Waals surface area contributed by atoms with Gasteiger partial charge in [0.2, 0.25) is 5.91 Å². The highest BCUT2D eigenvalue weighted by molar-refractivity contribution is 5.87. The maximum absolute atomic E-state index is 12.0. The SMILES string of the molecule is O=C(O)C(Cc1ccc(O)cc1)NC(=O)C1COCCN1. The molecule has 1 saturated heterocycles. The molecule has 1 fully saturated rings. The van der Waals surface area contributed by atoms with Gasteiger partial charge in [0.1, 0.15) is 17.8 Å². The van der Waals surface area contributed by atoms with Crippen molar-refractivity contribution in [2.24, 2.45) is 0 Å². The summed E-state index contributed by atoms with van der Waals surface area (Å²) >= 11 is 0. The molecule has 114 valence electrons. The van der Waals surface area contributed by atoms with E-state index in [2.05, 4.69) is 10.6 Å². The van der Waals surface area contributed by atoms with Gasteiger partial charge in [0.25, 0.3) is 0 Å². The third-order valence-electron chi connectivity index (χ3n) is 3.23. The fraction of sp³-hybridized carbons (Fsp3) is 0.429. The summed E-state index contributed by atoms with van der Waals surface area (Å²) in [4.78, 5) is 23.3. The van der Waals surface area contributed by atoms with Crippen molar-refractivity contribution >= 4 is 11.9 Å². The number of ether oxygens (including phenoxy) is 1. The number of carbonyl (C=O) groups is 2. The fourth-order valence-electron chi connectivity index (χ4n) is 2.07. The van der Waals surface area contributed by atoms with Crippen molar-refractivity contribution in [3.8, 4) is 5.75 Å². The second-order valence-electron chi connectivity index (χ2n) is 4.85. The van der Waals surface area contributed by atoms with Crippen molar-refractivity contribution in [2.45, 2.75) is 18.5 Å². The molecule has 1 amide bonds. The molecular formula is C14H18N2O5. The number of phenols is 1. The molecule has 0 aliphatic carbocycles. The van der Waals surface area contributed by atoms with E-state index in [1.165, 1.54) is 12.1 Å². The first-order valence-corrected chi connectivity index (χ1v) is 6.68. The number of phenolic OH excluding ortho intramolecular Hbond substituents is 1. The Balaban J connectivity index is 1.96. The van der Waals surface area contributed by atoms with Crippen molar-refractivity contribution in [2.75, 3.05) is 19.8 Å². The Bertz CT molecular complexity index is 497. The average molecular weight is 294 g/mol. The Morgan fingerprint density at radius 2 is 2.10 bits per heavy atom. The van der Waals surface area contributed by atoms with E-state index in [9.17, 15) is 19.8 Å². The van der Waals surface area contributed by atoms with E-state index >= 15 is 0 Å². The molecule has 1 aromatic carbocycles. The highest BCUT2D eigenvalue weighted by Gasteiger charge is 2.26. The maximum atomic E-state index is 12.0. The number of aromatic hydroxyl groups is 1. The van der Waals surface area contributed by atoms with Crippen LogP contribution in [0.25, 0.3) is 0 Å². The second kappa shape index (κ2) is 7.05. The number of carboxylic acids is 1. The monoisotopic (exact) mass is 294 g/mol. The summed E-state index contributed by atoms with van der Waals surface area (Å²) in [6.07, 6.45) is 0.148. The van der Waals surface area contributed by atoms with Gasteiger partial charge in [-0.05, 0) is 17.7 Å². The number of carbonyl (C=O) groups excluding carboxylic acids is 1. The minimum Gasteiger partial charge on any atom is -0.508 e. The van der Waals surface area contributed by atoms with Crippen molar-refractivity contribution < 1.29 is 24.5 Å². The normalized spacial score (nSPS) is 19.7. The molecule has 1 aliphatic rings. The van der Waals surface area contributed by atoms with E-state index in [0.717, 1.165) is 0 Å². The van der Waals surface area contributed by atoms with Crippen LogP contribution in [0.3, 0.4) is 0 Å². The van der Waals surface area contributed by atoms with Gasteiger partial charge < -0.3 is 25.6 Å². The molecule has 0 aromatic heterocycles. The van der Waals surface area contributed by atoms with Gasteiger partial charge in [-0.15, -0.1) is 0 Å².